The first kappa shape index (κ1) is 17.7. The number of carbonyl (C=O) groups is 2. The van der Waals surface area contributed by atoms with Gasteiger partial charge in [-0.1, -0.05) is 34.6 Å². The highest BCUT2D eigenvalue weighted by molar-refractivity contribution is 7.08. The van der Waals surface area contributed by atoms with Gasteiger partial charge in [0.15, 0.2) is 0 Å². The molecular formula is C14H13Cl2N3O3S. The molecule has 2 N–H and O–H groups in total. The normalized spacial score (nSPS) is 12.0. The van der Waals surface area contributed by atoms with Gasteiger partial charge >= 0.3 is 5.97 Å². The zero-order valence-electron chi connectivity index (χ0n) is 12.0. The summed E-state index contributed by atoms with van der Waals surface area (Å²) in [4.78, 5) is 24.0. The number of carboxylic acids is 1. The molecule has 0 aliphatic rings. The third kappa shape index (κ3) is 4.63. The maximum atomic E-state index is 12.2. The molecule has 2 rings (SSSR count). The van der Waals surface area contributed by atoms with Gasteiger partial charge in [-0.25, -0.2) is 4.79 Å². The Kier molecular flexibility index (Phi) is 5.92. The molecule has 0 saturated heterocycles. The van der Waals surface area contributed by atoms with Crippen molar-refractivity contribution in [2.75, 3.05) is 0 Å². The van der Waals surface area contributed by atoms with E-state index in [1.165, 1.54) is 0 Å². The molecule has 0 bridgehead atoms. The Morgan fingerprint density at radius 2 is 1.96 bits per heavy atom. The van der Waals surface area contributed by atoms with E-state index in [9.17, 15) is 14.7 Å². The van der Waals surface area contributed by atoms with Crippen LogP contribution in [0.5, 0.6) is 0 Å². The van der Waals surface area contributed by atoms with Crippen molar-refractivity contribution in [3.63, 3.8) is 0 Å². The van der Waals surface area contributed by atoms with Crippen molar-refractivity contribution in [3.8, 4) is 0 Å². The molecule has 122 valence electrons. The van der Waals surface area contributed by atoms with Crippen LogP contribution < -0.4 is 5.32 Å². The largest absolute Gasteiger partial charge is 0.480 e. The topological polar surface area (TPSA) is 92.2 Å². The predicted octanol–water partition coefficient (Wildman–Crippen LogP) is 2.83. The van der Waals surface area contributed by atoms with E-state index in [2.05, 4.69) is 14.9 Å². The van der Waals surface area contributed by atoms with E-state index in [1.807, 2.05) is 6.92 Å². The highest BCUT2D eigenvalue weighted by Crippen LogP contribution is 2.20. The first-order valence-corrected chi connectivity index (χ1v) is 8.23. The molecule has 1 unspecified atom stereocenters. The van der Waals surface area contributed by atoms with Crippen LogP contribution in [-0.4, -0.2) is 32.6 Å². The van der Waals surface area contributed by atoms with Crippen molar-refractivity contribution in [3.05, 3.63) is 44.4 Å². The predicted molar refractivity (Wildman–Crippen MR) is 88.3 cm³/mol. The summed E-state index contributed by atoms with van der Waals surface area (Å²) in [6.45, 7) is 1.84. The summed E-state index contributed by atoms with van der Waals surface area (Å²) in [7, 11) is 0. The molecule has 6 nitrogen and oxygen atoms in total. The first-order chi connectivity index (χ1) is 10.9. The standard InChI is InChI=1S/C14H13Cl2N3O3S/c1-2-10-12(23-19-18-10)13(20)17-11(14(21)22)5-7-3-8(15)6-9(16)4-7/h3-4,6,11H,2,5H2,1H3,(H,17,20)(H,21,22). The van der Waals surface area contributed by atoms with Gasteiger partial charge in [0.05, 0.1) is 5.69 Å². The minimum Gasteiger partial charge on any atom is -0.480 e. The average Bonchev–Trinajstić information content (AvgIpc) is 2.93. The SMILES string of the molecule is CCc1nnsc1C(=O)NC(Cc1cc(Cl)cc(Cl)c1)C(=O)O. The lowest BCUT2D eigenvalue weighted by Gasteiger charge is -2.14. The second-order valence-electron chi connectivity index (χ2n) is 4.75. The van der Waals surface area contributed by atoms with E-state index in [0.29, 0.717) is 32.6 Å². The Bertz CT molecular complexity index is 716. The number of aryl methyl sites for hydroxylation is 1. The summed E-state index contributed by atoms with van der Waals surface area (Å²) in [6, 6.07) is 3.67. The van der Waals surface area contributed by atoms with Crippen molar-refractivity contribution < 1.29 is 14.7 Å². The van der Waals surface area contributed by atoms with Crippen molar-refractivity contribution in [2.24, 2.45) is 0 Å². The van der Waals surface area contributed by atoms with Crippen molar-refractivity contribution in [1.29, 1.82) is 0 Å². The van der Waals surface area contributed by atoms with Crippen LogP contribution in [0.4, 0.5) is 0 Å². The number of aliphatic carboxylic acids is 1. The molecule has 2 aromatic rings. The molecule has 1 amide bonds. The highest BCUT2D eigenvalue weighted by Gasteiger charge is 2.24. The monoisotopic (exact) mass is 373 g/mol. The quantitative estimate of drug-likeness (QED) is 0.811. The van der Waals surface area contributed by atoms with Crippen LogP contribution in [0.25, 0.3) is 0 Å². The van der Waals surface area contributed by atoms with Crippen LogP contribution in [0.3, 0.4) is 0 Å². The van der Waals surface area contributed by atoms with Gasteiger partial charge < -0.3 is 10.4 Å². The average molecular weight is 374 g/mol. The Hall–Kier alpha value is -1.70. The minimum absolute atomic E-state index is 0.0645. The van der Waals surface area contributed by atoms with Crippen LogP contribution in [0.15, 0.2) is 18.2 Å². The summed E-state index contributed by atoms with van der Waals surface area (Å²) < 4.78 is 3.72. The molecule has 1 atom stereocenters. The lowest BCUT2D eigenvalue weighted by molar-refractivity contribution is -0.139. The number of nitrogens with one attached hydrogen (secondary N) is 1. The summed E-state index contributed by atoms with van der Waals surface area (Å²) in [5.74, 6) is -1.65. The number of amides is 1. The Balaban J connectivity index is 2.16. The summed E-state index contributed by atoms with van der Waals surface area (Å²) in [5, 5.41) is 16.5. The molecule has 1 aromatic heterocycles. The summed E-state index contributed by atoms with van der Waals surface area (Å²) >= 11 is 12.8. The number of nitrogens with zero attached hydrogens (tertiary/aromatic N) is 2. The van der Waals surface area contributed by atoms with E-state index in [1.54, 1.807) is 18.2 Å². The molecule has 0 radical (unpaired) electrons. The Morgan fingerprint density at radius 1 is 1.30 bits per heavy atom. The number of hydrogen-bond acceptors (Lipinski definition) is 5. The maximum absolute atomic E-state index is 12.2. The Labute approximate surface area is 146 Å². The van der Waals surface area contributed by atoms with E-state index < -0.39 is 17.9 Å². The van der Waals surface area contributed by atoms with Crippen LogP contribution in [0.2, 0.25) is 10.0 Å². The fourth-order valence-electron chi connectivity index (χ4n) is 2.00. The summed E-state index contributed by atoms with van der Waals surface area (Å²) in [5.41, 5.74) is 1.16. The number of benzene rings is 1. The van der Waals surface area contributed by atoms with Gasteiger partial charge in [0, 0.05) is 16.5 Å². The zero-order chi connectivity index (χ0) is 17.0. The van der Waals surface area contributed by atoms with Gasteiger partial charge in [0.25, 0.3) is 5.91 Å². The second-order valence-corrected chi connectivity index (χ2v) is 6.38. The van der Waals surface area contributed by atoms with Gasteiger partial charge in [-0.15, -0.1) is 5.10 Å². The fourth-order valence-corrected chi connectivity index (χ4v) is 3.23. The van der Waals surface area contributed by atoms with Crippen molar-refractivity contribution in [2.45, 2.75) is 25.8 Å². The van der Waals surface area contributed by atoms with Gasteiger partial charge in [0.1, 0.15) is 10.9 Å². The lowest BCUT2D eigenvalue weighted by atomic mass is 10.1. The molecule has 0 aliphatic heterocycles. The van der Waals surface area contributed by atoms with Crippen LogP contribution >= 0.6 is 34.7 Å². The number of rotatable bonds is 6. The van der Waals surface area contributed by atoms with Gasteiger partial charge in [-0.2, -0.15) is 0 Å². The number of halogens is 2. The van der Waals surface area contributed by atoms with Crippen LogP contribution in [-0.2, 0) is 17.6 Å². The van der Waals surface area contributed by atoms with Crippen LogP contribution in [0.1, 0.15) is 27.9 Å². The molecular weight excluding hydrogens is 361 g/mol. The van der Waals surface area contributed by atoms with Gasteiger partial charge in [0.2, 0.25) is 0 Å². The molecule has 23 heavy (non-hydrogen) atoms. The van der Waals surface area contributed by atoms with E-state index >= 15 is 0 Å². The fraction of sp³-hybridized carbons (Fsp3) is 0.286. The molecule has 0 spiro atoms. The van der Waals surface area contributed by atoms with E-state index in [4.69, 9.17) is 23.2 Å². The second kappa shape index (κ2) is 7.72. The Morgan fingerprint density at radius 3 is 2.52 bits per heavy atom. The van der Waals surface area contributed by atoms with Crippen LogP contribution in [0, 0.1) is 0 Å². The highest BCUT2D eigenvalue weighted by atomic mass is 35.5. The number of hydrogen-bond donors (Lipinski definition) is 2. The smallest absolute Gasteiger partial charge is 0.326 e. The minimum atomic E-state index is -1.15. The number of carbonyl (C=O) groups excluding carboxylic acids is 1. The number of aromatic nitrogens is 2. The zero-order valence-corrected chi connectivity index (χ0v) is 14.4. The van der Waals surface area contributed by atoms with E-state index in [0.717, 1.165) is 11.5 Å². The van der Waals surface area contributed by atoms with Crippen molar-refractivity contribution in [1.82, 2.24) is 14.9 Å². The molecule has 9 heteroatoms. The molecule has 0 saturated carbocycles. The van der Waals surface area contributed by atoms with E-state index in [-0.39, 0.29) is 6.42 Å². The third-order valence-electron chi connectivity index (χ3n) is 3.06. The summed E-state index contributed by atoms with van der Waals surface area (Å²) in [6.07, 6.45) is 0.607. The first-order valence-electron chi connectivity index (χ1n) is 6.70. The number of carboxylic acid groups (broad SMARTS) is 1. The molecule has 0 fully saturated rings. The lowest BCUT2D eigenvalue weighted by Crippen LogP contribution is -2.42. The third-order valence-corrected chi connectivity index (χ3v) is 4.27. The molecule has 1 heterocycles. The maximum Gasteiger partial charge on any atom is 0.326 e. The van der Waals surface area contributed by atoms with Gasteiger partial charge in [-0.3, -0.25) is 4.79 Å². The molecule has 0 aliphatic carbocycles. The van der Waals surface area contributed by atoms with Gasteiger partial charge in [-0.05, 0) is 41.7 Å². The molecule has 1 aromatic carbocycles. The van der Waals surface area contributed by atoms with Crippen molar-refractivity contribution >= 4 is 46.6 Å².